The molecule has 0 spiro atoms. The van der Waals surface area contributed by atoms with Gasteiger partial charge in [0.25, 0.3) is 5.91 Å². The zero-order chi connectivity index (χ0) is 18.9. The van der Waals surface area contributed by atoms with Crippen LogP contribution in [-0.4, -0.2) is 43.1 Å². The van der Waals surface area contributed by atoms with E-state index in [1.807, 2.05) is 0 Å². The Bertz CT molecular complexity index is 624. The second kappa shape index (κ2) is 5.93. The predicted molar refractivity (Wildman–Crippen MR) is 96.0 cm³/mol. The topological polar surface area (TPSA) is 46.6 Å². The molecule has 1 aliphatic heterocycles. The Kier molecular flexibility index (Phi) is 4.16. The van der Waals surface area contributed by atoms with E-state index in [1.54, 1.807) is 11.9 Å². The van der Waals surface area contributed by atoms with Gasteiger partial charge >= 0.3 is 5.97 Å². The van der Waals surface area contributed by atoms with Gasteiger partial charge in [0.15, 0.2) is 6.17 Å². The summed E-state index contributed by atoms with van der Waals surface area (Å²) in [4.78, 5) is 26.2. The smallest absolute Gasteiger partial charge is 0.309 e. The number of rotatable bonds is 1. The predicted octanol–water partition coefficient (Wildman–Crippen LogP) is 3.59. The van der Waals surface area contributed by atoms with Gasteiger partial charge in [-0.05, 0) is 73.5 Å². The van der Waals surface area contributed by atoms with Crippen molar-refractivity contribution in [3.05, 3.63) is 0 Å². The Labute approximate surface area is 155 Å². The number of likely N-dealkylation sites (tertiary alicyclic amines) is 1. The fourth-order valence-electron chi connectivity index (χ4n) is 7.74. The monoisotopic (exact) mass is 365 g/mol. The SMILES string of the molecule is COC(=O)C1CCC2C3CCC4N(C)C(=O)C(F)C[C@]4(C)C3CC[C@]12C. The highest BCUT2D eigenvalue weighted by molar-refractivity contribution is 5.82. The lowest BCUT2D eigenvalue weighted by Gasteiger charge is -2.62. The summed E-state index contributed by atoms with van der Waals surface area (Å²) < 4.78 is 19.6. The fourth-order valence-corrected chi connectivity index (χ4v) is 7.74. The second-order valence-corrected chi connectivity index (χ2v) is 9.79. The molecule has 0 aromatic heterocycles. The minimum absolute atomic E-state index is 0.00788. The molecule has 0 radical (unpaired) electrons. The van der Waals surface area contributed by atoms with E-state index in [0.29, 0.717) is 24.2 Å². The summed E-state index contributed by atoms with van der Waals surface area (Å²) in [6.45, 7) is 4.50. The lowest BCUT2D eigenvalue weighted by molar-refractivity contribution is -0.171. The first-order chi connectivity index (χ1) is 12.2. The number of hydrogen-bond acceptors (Lipinski definition) is 3. The maximum atomic E-state index is 14.5. The molecule has 146 valence electrons. The Hall–Kier alpha value is -1.13. The molecule has 0 bridgehead atoms. The molecule has 1 amide bonds. The molecule has 1 saturated heterocycles. The standard InChI is InChI=1S/C21H32FNO3/c1-20-10-9-14-12(13(20)6-7-15(20)19(25)26-4)5-8-17-21(14,2)11-16(22)18(24)23(17)3/h12-17H,5-11H2,1-4H3/t12?,13?,14?,15?,16?,17?,20-,21+/m0/s1. The van der Waals surface area contributed by atoms with Gasteiger partial charge in [-0.25, -0.2) is 4.39 Å². The molecule has 3 saturated carbocycles. The number of alkyl halides is 1. The van der Waals surface area contributed by atoms with E-state index < -0.39 is 6.17 Å². The van der Waals surface area contributed by atoms with Crippen LogP contribution in [0.25, 0.3) is 0 Å². The van der Waals surface area contributed by atoms with Crippen molar-refractivity contribution < 1.29 is 18.7 Å². The van der Waals surface area contributed by atoms with Crippen LogP contribution in [0.3, 0.4) is 0 Å². The van der Waals surface area contributed by atoms with Crippen LogP contribution in [-0.2, 0) is 14.3 Å². The summed E-state index contributed by atoms with van der Waals surface area (Å²) in [7, 11) is 3.28. The maximum Gasteiger partial charge on any atom is 0.309 e. The highest BCUT2D eigenvalue weighted by Gasteiger charge is 2.63. The van der Waals surface area contributed by atoms with Crippen molar-refractivity contribution in [1.29, 1.82) is 0 Å². The van der Waals surface area contributed by atoms with Gasteiger partial charge in [-0.2, -0.15) is 0 Å². The first-order valence-corrected chi connectivity index (χ1v) is 10.2. The molecule has 26 heavy (non-hydrogen) atoms. The maximum absolute atomic E-state index is 14.5. The highest BCUT2D eigenvalue weighted by atomic mass is 19.1. The Balaban J connectivity index is 1.64. The van der Waals surface area contributed by atoms with Crippen LogP contribution >= 0.6 is 0 Å². The first kappa shape index (κ1) is 18.2. The molecule has 6 unspecified atom stereocenters. The summed E-state index contributed by atoms with van der Waals surface area (Å²) >= 11 is 0. The van der Waals surface area contributed by atoms with E-state index in [-0.39, 0.29) is 34.7 Å². The number of amides is 1. The van der Waals surface area contributed by atoms with E-state index in [0.717, 1.165) is 38.5 Å². The fraction of sp³-hybridized carbons (Fsp3) is 0.905. The van der Waals surface area contributed by atoms with Crippen molar-refractivity contribution in [3.8, 4) is 0 Å². The molecule has 8 atom stereocenters. The quantitative estimate of drug-likeness (QED) is 0.667. The molecule has 3 aliphatic carbocycles. The number of carbonyl (C=O) groups is 2. The lowest BCUT2D eigenvalue weighted by atomic mass is 9.46. The minimum Gasteiger partial charge on any atom is -0.469 e. The number of methoxy groups -OCH3 is 1. The molecule has 0 N–H and O–H groups in total. The van der Waals surface area contributed by atoms with Gasteiger partial charge in [-0.3, -0.25) is 9.59 Å². The molecular formula is C21H32FNO3. The third kappa shape index (κ3) is 2.24. The molecule has 4 fully saturated rings. The second-order valence-electron chi connectivity index (χ2n) is 9.79. The molecular weight excluding hydrogens is 333 g/mol. The largest absolute Gasteiger partial charge is 0.469 e. The summed E-state index contributed by atoms with van der Waals surface area (Å²) in [6.07, 6.45) is 5.09. The number of halogens is 1. The number of carbonyl (C=O) groups excluding carboxylic acids is 2. The molecule has 5 heteroatoms. The van der Waals surface area contributed by atoms with Gasteiger partial charge in [0.2, 0.25) is 0 Å². The van der Waals surface area contributed by atoms with E-state index in [2.05, 4.69) is 13.8 Å². The zero-order valence-corrected chi connectivity index (χ0v) is 16.5. The normalized spacial score (nSPS) is 50.7. The number of esters is 1. The van der Waals surface area contributed by atoms with E-state index in [9.17, 15) is 14.0 Å². The van der Waals surface area contributed by atoms with Gasteiger partial charge in [0, 0.05) is 13.1 Å². The van der Waals surface area contributed by atoms with E-state index in [1.165, 1.54) is 7.11 Å². The van der Waals surface area contributed by atoms with Crippen LogP contribution in [0, 0.1) is 34.5 Å². The molecule has 4 aliphatic rings. The third-order valence-electron chi connectivity index (χ3n) is 9.01. The minimum atomic E-state index is -1.36. The highest BCUT2D eigenvalue weighted by Crippen LogP contribution is 2.66. The molecule has 0 aromatic carbocycles. The lowest BCUT2D eigenvalue weighted by Crippen LogP contribution is -2.64. The molecule has 0 aromatic rings. The van der Waals surface area contributed by atoms with Crippen LogP contribution < -0.4 is 0 Å². The summed E-state index contributed by atoms with van der Waals surface area (Å²) in [6, 6.07) is 0.158. The number of piperidine rings is 1. The van der Waals surface area contributed by atoms with Crippen molar-refractivity contribution in [3.63, 3.8) is 0 Å². The third-order valence-corrected chi connectivity index (χ3v) is 9.01. The van der Waals surface area contributed by atoms with Crippen LogP contribution in [0.2, 0.25) is 0 Å². The van der Waals surface area contributed by atoms with Crippen LogP contribution in [0.1, 0.15) is 58.8 Å². The number of nitrogens with zero attached hydrogens (tertiary/aromatic N) is 1. The number of ether oxygens (including phenoxy) is 1. The average Bonchev–Trinajstić information content (AvgIpc) is 2.96. The number of fused-ring (bicyclic) bond motifs is 5. The zero-order valence-electron chi connectivity index (χ0n) is 16.5. The van der Waals surface area contributed by atoms with Gasteiger partial charge in [0.1, 0.15) is 0 Å². The van der Waals surface area contributed by atoms with Crippen molar-refractivity contribution in [1.82, 2.24) is 4.90 Å². The molecule has 1 heterocycles. The Morgan fingerprint density at radius 1 is 1.12 bits per heavy atom. The first-order valence-electron chi connectivity index (χ1n) is 10.2. The van der Waals surface area contributed by atoms with Crippen molar-refractivity contribution in [2.24, 2.45) is 34.5 Å². The van der Waals surface area contributed by atoms with Gasteiger partial charge in [-0.1, -0.05) is 13.8 Å². The molecule has 4 nitrogen and oxygen atoms in total. The van der Waals surface area contributed by atoms with Gasteiger partial charge in [0.05, 0.1) is 13.0 Å². The Morgan fingerprint density at radius 3 is 2.50 bits per heavy atom. The Morgan fingerprint density at radius 2 is 1.81 bits per heavy atom. The van der Waals surface area contributed by atoms with Crippen molar-refractivity contribution in [2.45, 2.75) is 71.0 Å². The van der Waals surface area contributed by atoms with Gasteiger partial charge in [-0.15, -0.1) is 0 Å². The van der Waals surface area contributed by atoms with Crippen molar-refractivity contribution >= 4 is 11.9 Å². The summed E-state index contributed by atoms with van der Waals surface area (Å²) in [5.74, 6) is 1.12. The van der Waals surface area contributed by atoms with Gasteiger partial charge < -0.3 is 9.64 Å². The molecule has 4 rings (SSSR count). The van der Waals surface area contributed by atoms with Crippen LogP contribution in [0.4, 0.5) is 4.39 Å². The number of hydrogen-bond donors (Lipinski definition) is 0. The average molecular weight is 365 g/mol. The summed E-state index contributed by atoms with van der Waals surface area (Å²) in [5, 5.41) is 0. The summed E-state index contributed by atoms with van der Waals surface area (Å²) in [5.41, 5.74) is -0.126. The van der Waals surface area contributed by atoms with Crippen LogP contribution in [0.15, 0.2) is 0 Å². The van der Waals surface area contributed by atoms with E-state index >= 15 is 0 Å². The van der Waals surface area contributed by atoms with Crippen LogP contribution in [0.5, 0.6) is 0 Å². The van der Waals surface area contributed by atoms with E-state index in [4.69, 9.17) is 4.74 Å². The van der Waals surface area contributed by atoms with Crippen molar-refractivity contribution in [2.75, 3.05) is 14.2 Å².